The van der Waals surface area contributed by atoms with E-state index < -0.39 is 5.97 Å². The zero-order valence-electron chi connectivity index (χ0n) is 25.7. The van der Waals surface area contributed by atoms with Crippen LogP contribution in [0, 0.1) is 17.8 Å². The van der Waals surface area contributed by atoms with Crippen molar-refractivity contribution in [3.8, 4) is 0 Å². The van der Waals surface area contributed by atoms with Crippen LogP contribution in [-0.2, 0) is 9.63 Å². The van der Waals surface area contributed by atoms with Crippen LogP contribution in [-0.4, -0.2) is 62.5 Å². The Balaban J connectivity index is 1.31. The maximum Gasteiger partial charge on any atom is 0.303 e. The number of hydrogen-bond acceptors (Lipinski definition) is 7. The third kappa shape index (κ3) is 6.53. The van der Waals surface area contributed by atoms with E-state index in [9.17, 15) is 14.7 Å². The highest BCUT2D eigenvalue weighted by atomic mass is 16.6. The predicted molar refractivity (Wildman–Crippen MR) is 168 cm³/mol. The molecule has 9 heteroatoms. The molecule has 4 aliphatic rings. The lowest BCUT2D eigenvalue weighted by Gasteiger charge is -2.56. The minimum absolute atomic E-state index is 0.0668. The molecule has 6 rings (SSSR count). The Hall–Kier alpha value is -2.78. The number of carboxylic acid groups (broad SMARTS) is 1. The van der Waals surface area contributed by atoms with E-state index in [-0.39, 0.29) is 30.1 Å². The van der Waals surface area contributed by atoms with Crippen molar-refractivity contribution in [3.05, 3.63) is 40.3 Å². The standard InChI is InChI=1S/C34H49N5O4/c1-2-22-15-23-17-24(16-22)19-27(18-23)38-25-7-5-8-26(38)21-28(20-25)39-31-10-4-3-9-29(31)36-33(34(39)42)30(11-12-32(40)41)37-43-14-6-13-35/h3-4,9-10,22-28H,2,5-8,11-21,35H2,1H3,(H,40,41)/b37-30+/t22?,23?,24?,25-,26?,27?,28?/m0/s1. The Morgan fingerprint density at radius 1 is 1.00 bits per heavy atom. The van der Waals surface area contributed by atoms with Crippen molar-refractivity contribution < 1.29 is 14.7 Å². The van der Waals surface area contributed by atoms with Gasteiger partial charge in [0.2, 0.25) is 0 Å². The number of carboxylic acids is 1. The Bertz CT molecular complexity index is 1350. The Labute approximate surface area is 254 Å². The molecular formula is C34H49N5O4. The first-order chi connectivity index (χ1) is 20.9. The molecule has 0 radical (unpaired) electrons. The van der Waals surface area contributed by atoms with Gasteiger partial charge in [0.05, 0.1) is 17.5 Å². The van der Waals surface area contributed by atoms with Gasteiger partial charge in [-0.25, -0.2) is 4.98 Å². The molecule has 2 aliphatic carbocycles. The highest BCUT2D eigenvalue weighted by Gasteiger charge is 2.46. The number of aliphatic carboxylic acids is 1. The van der Waals surface area contributed by atoms with Gasteiger partial charge in [0.25, 0.3) is 5.56 Å². The van der Waals surface area contributed by atoms with Gasteiger partial charge in [-0.3, -0.25) is 14.5 Å². The number of aromatic nitrogens is 2. The van der Waals surface area contributed by atoms with Gasteiger partial charge in [0.1, 0.15) is 12.3 Å². The van der Waals surface area contributed by atoms with Crippen LogP contribution in [0.3, 0.4) is 0 Å². The Kier molecular flexibility index (Phi) is 9.48. The van der Waals surface area contributed by atoms with E-state index in [0.717, 1.165) is 41.6 Å². The van der Waals surface area contributed by atoms with Gasteiger partial charge in [0, 0.05) is 30.6 Å². The number of benzene rings is 1. The molecule has 3 heterocycles. The maximum atomic E-state index is 14.3. The molecule has 2 aliphatic heterocycles. The number of carbonyl (C=O) groups is 1. The smallest absolute Gasteiger partial charge is 0.303 e. The lowest BCUT2D eigenvalue weighted by molar-refractivity contribution is -0.136. The van der Waals surface area contributed by atoms with Crippen LogP contribution in [0.25, 0.3) is 11.0 Å². The average molecular weight is 592 g/mol. The zero-order chi connectivity index (χ0) is 29.9. The lowest BCUT2D eigenvalue weighted by Crippen LogP contribution is -2.59. The van der Waals surface area contributed by atoms with Crippen LogP contribution in [0.15, 0.2) is 34.2 Å². The van der Waals surface area contributed by atoms with Gasteiger partial charge in [-0.15, -0.1) is 0 Å². The first-order valence-electron chi connectivity index (χ1n) is 16.8. The summed E-state index contributed by atoms with van der Waals surface area (Å²) in [6, 6.07) is 9.55. The quantitative estimate of drug-likeness (QED) is 0.201. The van der Waals surface area contributed by atoms with Crippen LogP contribution in [0.2, 0.25) is 0 Å². The van der Waals surface area contributed by atoms with Gasteiger partial charge in [-0.1, -0.05) is 37.1 Å². The van der Waals surface area contributed by atoms with Crippen molar-refractivity contribution in [2.45, 2.75) is 121 Å². The lowest BCUT2D eigenvalue weighted by atomic mass is 9.64. The minimum atomic E-state index is -0.951. The fraction of sp³-hybridized carbons (Fsp3) is 0.706. The molecule has 1 aromatic carbocycles. The van der Waals surface area contributed by atoms with E-state index in [1.165, 1.54) is 57.8 Å². The van der Waals surface area contributed by atoms with Gasteiger partial charge in [0.15, 0.2) is 5.69 Å². The molecule has 5 atom stereocenters. The number of rotatable bonds is 11. The number of nitrogens with two attached hydrogens (primary N) is 1. The molecule has 2 saturated carbocycles. The molecule has 43 heavy (non-hydrogen) atoms. The largest absolute Gasteiger partial charge is 0.481 e. The van der Waals surface area contributed by atoms with Crippen LogP contribution >= 0.6 is 0 Å². The molecule has 4 fully saturated rings. The van der Waals surface area contributed by atoms with E-state index in [0.29, 0.717) is 43.4 Å². The first-order valence-corrected chi connectivity index (χ1v) is 16.8. The van der Waals surface area contributed by atoms with Crippen molar-refractivity contribution in [2.75, 3.05) is 13.2 Å². The summed E-state index contributed by atoms with van der Waals surface area (Å²) in [4.78, 5) is 39.0. The molecule has 2 saturated heterocycles. The molecule has 9 nitrogen and oxygen atoms in total. The van der Waals surface area contributed by atoms with Crippen LogP contribution < -0.4 is 11.3 Å². The van der Waals surface area contributed by atoms with Crippen molar-refractivity contribution in [3.63, 3.8) is 0 Å². The van der Waals surface area contributed by atoms with Gasteiger partial charge in [-0.2, -0.15) is 0 Å². The highest BCUT2D eigenvalue weighted by molar-refractivity contribution is 6.00. The second-order valence-electron chi connectivity index (χ2n) is 13.7. The second-order valence-corrected chi connectivity index (χ2v) is 13.7. The number of hydrogen-bond donors (Lipinski definition) is 2. The summed E-state index contributed by atoms with van der Waals surface area (Å²) >= 11 is 0. The molecule has 4 unspecified atom stereocenters. The zero-order valence-corrected chi connectivity index (χ0v) is 25.7. The van der Waals surface area contributed by atoms with Crippen molar-refractivity contribution >= 4 is 22.7 Å². The molecule has 3 N–H and O–H groups in total. The third-order valence-corrected chi connectivity index (χ3v) is 10.8. The third-order valence-electron chi connectivity index (χ3n) is 10.8. The Morgan fingerprint density at radius 2 is 1.72 bits per heavy atom. The van der Waals surface area contributed by atoms with E-state index >= 15 is 0 Å². The van der Waals surface area contributed by atoms with E-state index in [1.807, 2.05) is 28.8 Å². The maximum absolute atomic E-state index is 14.3. The van der Waals surface area contributed by atoms with Gasteiger partial charge < -0.3 is 20.2 Å². The monoisotopic (exact) mass is 591 g/mol. The van der Waals surface area contributed by atoms with Crippen LogP contribution in [0.4, 0.5) is 0 Å². The SMILES string of the molecule is CCC1CC2CC(C1)CC(N1C3CCC[C@H]1CC(n1c(=O)c(/C(CCC(=O)O)=N/OCCCN)nc4ccccc41)C3)C2. The van der Waals surface area contributed by atoms with Crippen molar-refractivity contribution in [2.24, 2.45) is 28.6 Å². The summed E-state index contributed by atoms with van der Waals surface area (Å²) in [5.74, 6) is 1.73. The molecule has 2 aromatic rings. The fourth-order valence-corrected chi connectivity index (χ4v) is 9.14. The molecule has 0 amide bonds. The summed E-state index contributed by atoms with van der Waals surface area (Å²) in [6.07, 6.45) is 14.4. The van der Waals surface area contributed by atoms with Crippen molar-refractivity contribution in [1.82, 2.24) is 14.5 Å². The minimum Gasteiger partial charge on any atom is -0.481 e. The van der Waals surface area contributed by atoms with E-state index in [1.54, 1.807) is 0 Å². The molecule has 234 valence electrons. The highest BCUT2D eigenvalue weighted by Crippen LogP contribution is 2.49. The normalized spacial score (nSPS) is 31.2. The second kappa shape index (κ2) is 13.5. The van der Waals surface area contributed by atoms with Gasteiger partial charge >= 0.3 is 5.97 Å². The molecule has 0 spiro atoms. The topological polar surface area (TPSA) is 123 Å². The van der Waals surface area contributed by atoms with E-state index in [2.05, 4.69) is 17.0 Å². The molecule has 1 aromatic heterocycles. The number of fused-ring (bicyclic) bond motifs is 5. The van der Waals surface area contributed by atoms with Crippen LogP contribution in [0.1, 0.15) is 109 Å². The summed E-state index contributed by atoms with van der Waals surface area (Å²) in [7, 11) is 0. The number of para-hydroxylation sites is 2. The van der Waals surface area contributed by atoms with E-state index in [4.69, 9.17) is 15.6 Å². The van der Waals surface area contributed by atoms with Crippen molar-refractivity contribution in [1.29, 1.82) is 0 Å². The average Bonchev–Trinajstić information content (AvgIpc) is 2.99. The first kappa shape index (κ1) is 30.3. The summed E-state index contributed by atoms with van der Waals surface area (Å²) < 4.78 is 1.97. The number of piperidine rings is 2. The molecular weight excluding hydrogens is 542 g/mol. The number of oxime groups is 1. The summed E-state index contributed by atoms with van der Waals surface area (Å²) in [6.45, 7) is 3.13. The summed E-state index contributed by atoms with van der Waals surface area (Å²) in [5.41, 5.74) is 7.46. The Morgan fingerprint density at radius 3 is 2.40 bits per heavy atom. The van der Waals surface area contributed by atoms with Crippen LogP contribution in [0.5, 0.6) is 0 Å². The molecule has 4 bridgehead atoms. The number of nitrogens with zero attached hydrogens (tertiary/aromatic N) is 4. The fourth-order valence-electron chi connectivity index (χ4n) is 9.14. The van der Waals surface area contributed by atoms with Gasteiger partial charge in [-0.05, 0) is 101 Å². The summed E-state index contributed by atoms with van der Waals surface area (Å²) in [5, 5.41) is 13.6. The predicted octanol–water partition coefficient (Wildman–Crippen LogP) is 5.49.